The summed E-state index contributed by atoms with van der Waals surface area (Å²) >= 11 is 0. The number of rotatable bonds is 7. The molecule has 0 saturated heterocycles. The number of hydrogen-bond donors (Lipinski definition) is 2. The van der Waals surface area contributed by atoms with E-state index < -0.39 is 12.0 Å². The van der Waals surface area contributed by atoms with Gasteiger partial charge >= 0.3 is 12.0 Å². The van der Waals surface area contributed by atoms with Crippen molar-refractivity contribution >= 4 is 17.7 Å². The molecule has 2 N–H and O–H groups in total. The van der Waals surface area contributed by atoms with Crippen molar-refractivity contribution in [3.63, 3.8) is 0 Å². The molecule has 108 valence electrons. The maximum Gasteiger partial charge on any atom is 0.325 e. The lowest BCUT2D eigenvalue weighted by atomic mass is 10.2. The van der Waals surface area contributed by atoms with Gasteiger partial charge in [-0.25, -0.2) is 4.79 Å². The number of amides is 2. The van der Waals surface area contributed by atoms with Crippen LogP contribution in [0, 0.1) is 4.91 Å². The molecule has 0 spiro atoms. The third kappa shape index (κ3) is 5.94. The highest BCUT2D eigenvalue weighted by molar-refractivity contribution is 5.91. The van der Waals surface area contributed by atoms with Crippen LogP contribution in [0.25, 0.3) is 0 Å². The van der Waals surface area contributed by atoms with E-state index in [1.54, 1.807) is 24.3 Å². The summed E-state index contributed by atoms with van der Waals surface area (Å²) < 4.78 is 4.81. The van der Waals surface area contributed by atoms with E-state index in [9.17, 15) is 14.5 Å². The van der Waals surface area contributed by atoms with Gasteiger partial charge in [0.2, 0.25) is 0 Å². The summed E-state index contributed by atoms with van der Waals surface area (Å²) in [6, 6.07) is 6.17. The summed E-state index contributed by atoms with van der Waals surface area (Å²) in [5, 5.41) is 7.71. The second-order valence-electron chi connectivity index (χ2n) is 4.01. The van der Waals surface area contributed by atoms with Gasteiger partial charge in [0.15, 0.2) is 0 Å². The molecule has 1 aromatic carbocycles. The predicted molar refractivity (Wildman–Crippen MR) is 74.2 cm³/mol. The van der Waals surface area contributed by atoms with E-state index in [0.717, 1.165) is 12.0 Å². The lowest BCUT2D eigenvalue weighted by Crippen LogP contribution is -2.34. The normalized spacial score (nSPS) is 9.65. The molecule has 0 heterocycles. The van der Waals surface area contributed by atoms with Gasteiger partial charge in [-0.3, -0.25) is 4.79 Å². The van der Waals surface area contributed by atoms with E-state index in [4.69, 9.17) is 4.74 Å². The summed E-state index contributed by atoms with van der Waals surface area (Å²) in [5.41, 5.74) is 1.31. The Morgan fingerprint density at radius 3 is 2.55 bits per heavy atom. The molecule has 0 radical (unpaired) electrons. The molecule has 2 amide bonds. The third-order valence-electron chi connectivity index (χ3n) is 2.32. The fourth-order valence-corrected chi connectivity index (χ4v) is 1.36. The van der Waals surface area contributed by atoms with Gasteiger partial charge in [-0.1, -0.05) is 24.2 Å². The summed E-state index contributed by atoms with van der Waals surface area (Å²) in [7, 11) is 0. The molecule has 0 aliphatic carbocycles. The van der Waals surface area contributed by atoms with Crippen LogP contribution < -0.4 is 10.6 Å². The summed E-state index contributed by atoms with van der Waals surface area (Å²) in [5.74, 6) is -0.477. The van der Waals surface area contributed by atoms with Gasteiger partial charge in [0, 0.05) is 5.69 Å². The molecule has 0 aliphatic heterocycles. The fourth-order valence-electron chi connectivity index (χ4n) is 1.36. The van der Waals surface area contributed by atoms with E-state index in [2.05, 4.69) is 15.8 Å². The molecule has 7 nitrogen and oxygen atoms in total. The zero-order valence-electron chi connectivity index (χ0n) is 11.2. The second kappa shape index (κ2) is 8.63. The summed E-state index contributed by atoms with van der Waals surface area (Å²) in [6.45, 7) is 2.14. The number of ether oxygens (including phenoxy) is 1. The first kappa shape index (κ1) is 15.6. The van der Waals surface area contributed by atoms with E-state index in [-0.39, 0.29) is 13.1 Å². The molecular weight excluding hydrogens is 262 g/mol. The Bertz CT molecular complexity index is 459. The third-order valence-corrected chi connectivity index (χ3v) is 2.32. The Kier molecular flexibility index (Phi) is 6.74. The van der Waals surface area contributed by atoms with E-state index in [1.807, 2.05) is 6.92 Å². The molecule has 20 heavy (non-hydrogen) atoms. The monoisotopic (exact) mass is 279 g/mol. The molecule has 0 aromatic heterocycles. The zero-order valence-corrected chi connectivity index (χ0v) is 11.2. The predicted octanol–water partition coefficient (Wildman–Crippen LogP) is 2.03. The molecule has 1 aromatic rings. The average Bonchev–Trinajstić information content (AvgIpc) is 2.45. The topological polar surface area (TPSA) is 96.9 Å². The van der Waals surface area contributed by atoms with E-state index in [0.29, 0.717) is 12.3 Å². The molecular formula is C13H17N3O4. The van der Waals surface area contributed by atoms with Gasteiger partial charge in [0.25, 0.3) is 0 Å². The number of nitrogens with one attached hydrogen (secondary N) is 2. The molecule has 0 fully saturated rings. The van der Waals surface area contributed by atoms with Gasteiger partial charge in [0.1, 0.15) is 13.1 Å². The Labute approximate surface area is 116 Å². The number of benzene rings is 1. The number of nitroso groups, excluding NO2 is 1. The lowest BCUT2D eigenvalue weighted by Gasteiger charge is -2.08. The minimum Gasteiger partial charge on any atom is -0.464 e. The highest BCUT2D eigenvalue weighted by Crippen LogP contribution is 2.09. The zero-order chi connectivity index (χ0) is 14.8. The van der Waals surface area contributed by atoms with Crippen molar-refractivity contribution in [1.82, 2.24) is 5.32 Å². The quantitative estimate of drug-likeness (QED) is 0.589. The van der Waals surface area contributed by atoms with Crippen molar-refractivity contribution in [2.24, 2.45) is 5.18 Å². The Hall–Kier alpha value is -2.44. The number of anilines is 1. The van der Waals surface area contributed by atoms with Crippen molar-refractivity contribution in [3.05, 3.63) is 34.7 Å². The van der Waals surface area contributed by atoms with Crippen LogP contribution >= 0.6 is 0 Å². The largest absolute Gasteiger partial charge is 0.464 e. The van der Waals surface area contributed by atoms with Crippen LogP contribution in [0.2, 0.25) is 0 Å². The van der Waals surface area contributed by atoms with Crippen LogP contribution in [0.5, 0.6) is 0 Å². The van der Waals surface area contributed by atoms with Crippen molar-refractivity contribution in [1.29, 1.82) is 0 Å². The first-order chi connectivity index (χ1) is 9.65. The maximum absolute atomic E-state index is 11.5. The Morgan fingerprint density at radius 1 is 1.25 bits per heavy atom. The van der Waals surface area contributed by atoms with Crippen molar-refractivity contribution in [2.45, 2.75) is 19.9 Å². The summed E-state index contributed by atoms with van der Waals surface area (Å²) in [4.78, 5) is 32.8. The molecule has 1 rings (SSSR count). The van der Waals surface area contributed by atoms with Crippen molar-refractivity contribution in [2.75, 3.05) is 18.5 Å². The van der Waals surface area contributed by atoms with Crippen LogP contribution in [0.1, 0.15) is 18.9 Å². The fraction of sp³-hybridized carbons (Fsp3) is 0.385. The highest BCUT2D eigenvalue weighted by atomic mass is 16.5. The number of carbonyl (C=O) groups is 2. The van der Waals surface area contributed by atoms with Crippen LogP contribution in [0.3, 0.4) is 0 Å². The van der Waals surface area contributed by atoms with E-state index in [1.165, 1.54) is 0 Å². The standard InChI is InChI=1S/C13H17N3O4/c1-2-7-20-12(17)9-14-13(18)16-11-5-3-10(4-6-11)8-15-19/h3-6H,2,7-9H2,1H3,(H2,14,16,18). The number of nitrogens with zero attached hydrogens (tertiary/aromatic N) is 1. The second-order valence-corrected chi connectivity index (χ2v) is 4.01. The van der Waals surface area contributed by atoms with Crippen LogP contribution in [-0.4, -0.2) is 25.2 Å². The highest BCUT2D eigenvalue weighted by Gasteiger charge is 2.06. The van der Waals surface area contributed by atoms with Gasteiger partial charge in [0.05, 0.1) is 6.61 Å². The minimum absolute atomic E-state index is 0.0930. The van der Waals surface area contributed by atoms with Crippen LogP contribution in [-0.2, 0) is 16.1 Å². The van der Waals surface area contributed by atoms with Gasteiger partial charge < -0.3 is 15.4 Å². The number of carbonyl (C=O) groups excluding carboxylic acids is 2. The van der Waals surface area contributed by atoms with Crippen LogP contribution in [0.15, 0.2) is 29.4 Å². The molecule has 0 atom stereocenters. The molecule has 0 aliphatic rings. The minimum atomic E-state index is -0.500. The first-order valence-corrected chi connectivity index (χ1v) is 6.24. The number of urea groups is 1. The molecule has 0 saturated carbocycles. The van der Waals surface area contributed by atoms with Gasteiger partial charge in [-0.15, -0.1) is 0 Å². The van der Waals surface area contributed by atoms with Gasteiger partial charge in [-0.2, -0.15) is 4.91 Å². The first-order valence-electron chi connectivity index (χ1n) is 6.24. The van der Waals surface area contributed by atoms with Gasteiger partial charge in [-0.05, 0) is 24.1 Å². The smallest absolute Gasteiger partial charge is 0.325 e. The Balaban J connectivity index is 2.34. The average molecular weight is 279 g/mol. The van der Waals surface area contributed by atoms with E-state index >= 15 is 0 Å². The molecule has 0 unspecified atom stereocenters. The number of esters is 1. The summed E-state index contributed by atoms with van der Waals surface area (Å²) in [6.07, 6.45) is 0.736. The molecule has 7 heteroatoms. The number of hydrogen-bond acceptors (Lipinski definition) is 5. The van der Waals surface area contributed by atoms with Crippen molar-refractivity contribution < 1.29 is 14.3 Å². The molecule has 0 bridgehead atoms. The van der Waals surface area contributed by atoms with Crippen LogP contribution in [0.4, 0.5) is 10.5 Å². The van der Waals surface area contributed by atoms with Crippen molar-refractivity contribution in [3.8, 4) is 0 Å². The SMILES string of the molecule is CCCOC(=O)CNC(=O)Nc1ccc(CN=O)cc1. The maximum atomic E-state index is 11.5. The lowest BCUT2D eigenvalue weighted by molar-refractivity contribution is -0.142. The Morgan fingerprint density at radius 2 is 1.95 bits per heavy atom.